The van der Waals surface area contributed by atoms with E-state index in [4.69, 9.17) is 0 Å². The molecule has 0 aliphatic rings. The zero-order valence-electron chi connectivity index (χ0n) is 6.01. The van der Waals surface area contributed by atoms with Crippen molar-refractivity contribution >= 4 is 18.2 Å². The Morgan fingerprint density at radius 1 is 1.45 bits per heavy atom. The largest absolute Gasteiger partial charge is 0.341 e. The molecular weight excluding hydrogens is 148 g/mol. The lowest BCUT2D eigenvalue weighted by Crippen LogP contribution is -2.38. The van der Waals surface area contributed by atoms with Crippen molar-refractivity contribution in [2.45, 2.75) is 0 Å². The number of carbonyl (C=O) groups is 3. The van der Waals surface area contributed by atoms with Gasteiger partial charge in [-0.25, -0.2) is 4.79 Å². The number of urea groups is 1. The van der Waals surface area contributed by atoms with E-state index in [0.717, 1.165) is 0 Å². The van der Waals surface area contributed by atoms with Crippen molar-refractivity contribution in [2.75, 3.05) is 7.05 Å². The molecule has 11 heavy (non-hydrogen) atoms. The van der Waals surface area contributed by atoms with Gasteiger partial charge in [0.1, 0.15) is 0 Å². The second-order valence-electron chi connectivity index (χ2n) is 1.68. The maximum absolute atomic E-state index is 10.6. The number of carbonyl (C=O) groups excluding carboxylic acids is 3. The predicted octanol–water partition coefficient (Wildman–Crippen LogP) is -0.803. The first kappa shape index (κ1) is 9.35. The number of imide groups is 1. The van der Waals surface area contributed by atoms with Crippen molar-refractivity contribution in [3.63, 3.8) is 0 Å². The highest BCUT2D eigenvalue weighted by atomic mass is 16.2. The number of hydrogen-bond acceptors (Lipinski definition) is 3. The Morgan fingerprint density at radius 3 is 2.36 bits per heavy atom. The molecule has 0 aromatic rings. The number of nitrogens with one attached hydrogen (secondary N) is 2. The molecular formula is C6H8N2O3. The highest BCUT2D eigenvalue weighted by molar-refractivity contribution is 6.14. The third-order valence-electron chi connectivity index (χ3n) is 0.888. The average molecular weight is 156 g/mol. The Kier molecular flexibility index (Phi) is 3.58. The van der Waals surface area contributed by atoms with Gasteiger partial charge in [-0.05, 0) is 0 Å². The van der Waals surface area contributed by atoms with E-state index in [2.05, 4.69) is 11.9 Å². The van der Waals surface area contributed by atoms with Gasteiger partial charge in [0.2, 0.25) is 0 Å². The van der Waals surface area contributed by atoms with Crippen molar-refractivity contribution in [3.05, 3.63) is 12.2 Å². The van der Waals surface area contributed by atoms with Gasteiger partial charge in [-0.3, -0.25) is 14.9 Å². The van der Waals surface area contributed by atoms with Crippen LogP contribution in [0.5, 0.6) is 0 Å². The molecule has 2 N–H and O–H groups in total. The number of rotatable bonds is 2. The van der Waals surface area contributed by atoms with Crippen molar-refractivity contribution in [1.29, 1.82) is 0 Å². The molecule has 0 aromatic heterocycles. The van der Waals surface area contributed by atoms with E-state index in [1.165, 1.54) is 7.05 Å². The lowest BCUT2D eigenvalue weighted by molar-refractivity contribution is -0.118. The second-order valence-corrected chi connectivity index (χ2v) is 1.68. The van der Waals surface area contributed by atoms with Gasteiger partial charge in [0.15, 0.2) is 6.29 Å². The fourth-order valence-electron chi connectivity index (χ4n) is 0.299. The minimum atomic E-state index is -0.792. The molecule has 0 aromatic carbocycles. The van der Waals surface area contributed by atoms with Gasteiger partial charge in [-0.2, -0.15) is 0 Å². The molecule has 0 aliphatic heterocycles. The number of aldehydes is 1. The first-order valence-electron chi connectivity index (χ1n) is 2.79. The van der Waals surface area contributed by atoms with E-state index >= 15 is 0 Å². The first-order chi connectivity index (χ1) is 5.11. The van der Waals surface area contributed by atoms with E-state index in [0.29, 0.717) is 0 Å². The Bertz CT molecular complexity index is 210. The molecule has 0 bridgehead atoms. The molecule has 0 saturated heterocycles. The smallest absolute Gasteiger partial charge is 0.321 e. The first-order valence-corrected chi connectivity index (χ1v) is 2.79. The van der Waals surface area contributed by atoms with Crippen LogP contribution in [0.3, 0.4) is 0 Å². The SMILES string of the molecule is C=C(C=O)C(=O)NC(=O)NC. The molecule has 0 spiro atoms. The monoisotopic (exact) mass is 156 g/mol. The lowest BCUT2D eigenvalue weighted by atomic mass is 10.3. The molecule has 60 valence electrons. The van der Waals surface area contributed by atoms with Crippen LogP contribution in [0.25, 0.3) is 0 Å². The van der Waals surface area contributed by atoms with Crippen LogP contribution in [-0.4, -0.2) is 25.3 Å². The van der Waals surface area contributed by atoms with E-state index in [-0.39, 0.29) is 11.9 Å². The quantitative estimate of drug-likeness (QED) is 0.238. The van der Waals surface area contributed by atoms with Gasteiger partial charge >= 0.3 is 6.03 Å². The molecule has 5 nitrogen and oxygen atoms in total. The van der Waals surface area contributed by atoms with Gasteiger partial charge in [-0.1, -0.05) is 6.58 Å². The zero-order chi connectivity index (χ0) is 8.85. The van der Waals surface area contributed by atoms with Crippen LogP contribution in [0.2, 0.25) is 0 Å². The van der Waals surface area contributed by atoms with Crippen LogP contribution < -0.4 is 10.6 Å². The lowest BCUT2D eigenvalue weighted by Gasteiger charge is -1.99. The van der Waals surface area contributed by atoms with Gasteiger partial charge in [-0.15, -0.1) is 0 Å². The number of amides is 3. The highest BCUT2D eigenvalue weighted by Crippen LogP contribution is 1.81. The third kappa shape index (κ3) is 3.14. The summed E-state index contributed by atoms with van der Waals surface area (Å²) in [6.45, 7) is 3.10. The molecule has 3 amide bonds. The third-order valence-corrected chi connectivity index (χ3v) is 0.888. The summed E-state index contributed by atoms with van der Waals surface area (Å²) >= 11 is 0. The van der Waals surface area contributed by atoms with Gasteiger partial charge in [0.25, 0.3) is 5.91 Å². The van der Waals surface area contributed by atoms with E-state index < -0.39 is 11.9 Å². The van der Waals surface area contributed by atoms with Gasteiger partial charge in [0, 0.05) is 7.05 Å². The minimum absolute atomic E-state index is 0.276. The summed E-state index contributed by atoms with van der Waals surface area (Å²) in [5.41, 5.74) is -0.284. The summed E-state index contributed by atoms with van der Waals surface area (Å²) in [4.78, 5) is 31.0. The standard InChI is InChI=1S/C6H8N2O3/c1-4(3-9)5(10)8-6(11)7-2/h3H,1H2,2H3,(H2,7,8,10,11). The van der Waals surface area contributed by atoms with Crippen LogP contribution in [0.1, 0.15) is 0 Å². The Hall–Kier alpha value is -1.65. The topological polar surface area (TPSA) is 75.3 Å². The van der Waals surface area contributed by atoms with Crippen LogP contribution in [0, 0.1) is 0 Å². The Balaban J connectivity index is 3.97. The fourth-order valence-corrected chi connectivity index (χ4v) is 0.299. The summed E-state index contributed by atoms with van der Waals surface area (Å²) in [6.07, 6.45) is 0.276. The molecule has 0 fully saturated rings. The van der Waals surface area contributed by atoms with E-state index in [9.17, 15) is 14.4 Å². The van der Waals surface area contributed by atoms with Crippen LogP contribution >= 0.6 is 0 Å². The second kappa shape index (κ2) is 4.21. The molecule has 0 unspecified atom stereocenters. The normalized spacial score (nSPS) is 8.09. The summed E-state index contributed by atoms with van der Waals surface area (Å²) in [5, 5.41) is 4.01. The highest BCUT2D eigenvalue weighted by Gasteiger charge is 2.07. The van der Waals surface area contributed by atoms with Crippen molar-refractivity contribution in [3.8, 4) is 0 Å². The Labute approximate surface area is 63.5 Å². The predicted molar refractivity (Wildman–Crippen MR) is 37.8 cm³/mol. The molecule has 0 saturated carbocycles. The maximum Gasteiger partial charge on any atom is 0.321 e. The molecule has 5 heteroatoms. The molecule has 0 radical (unpaired) electrons. The summed E-state index contributed by atoms with van der Waals surface area (Å²) < 4.78 is 0. The van der Waals surface area contributed by atoms with E-state index in [1.807, 2.05) is 5.32 Å². The Morgan fingerprint density at radius 2 is 2.00 bits per heavy atom. The van der Waals surface area contributed by atoms with Crippen molar-refractivity contribution in [1.82, 2.24) is 10.6 Å². The molecule has 0 heterocycles. The maximum atomic E-state index is 10.6. The van der Waals surface area contributed by atoms with E-state index in [1.54, 1.807) is 0 Å². The molecule has 0 aliphatic carbocycles. The minimum Gasteiger partial charge on any atom is -0.341 e. The van der Waals surface area contributed by atoms with Crippen LogP contribution in [-0.2, 0) is 9.59 Å². The fraction of sp³-hybridized carbons (Fsp3) is 0.167. The number of hydrogen-bond donors (Lipinski definition) is 2. The van der Waals surface area contributed by atoms with Crippen LogP contribution in [0.15, 0.2) is 12.2 Å². The van der Waals surface area contributed by atoms with Crippen LogP contribution in [0.4, 0.5) is 4.79 Å². The summed E-state index contributed by atoms with van der Waals surface area (Å²) in [6, 6.07) is -0.669. The van der Waals surface area contributed by atoms with Crippen molar-refractivity contribution < 1.29 is 14.4 Å². The summed E-state index contributed by atoms with van der Waals surface area (Å²) in [7, 11) is 1.35. The molecule has 0 atom stereocenters. The zero-order valence-corrected chi connectivity index (χ0v) is 6.01. The summed E-state index contributed by atoms with van der Waals surface area (Å²) in [5.74, 6) is -0.792. The van der Waals surface area contributed by atoms with Crippen molar-refractivity contribution in [2.24, 2.45) is 0 Å². The van der Waals surface area contributed by atoms with Gasteiger partial charge < -0.3 is 5.32 Å². The average Bonchev–Trinajstić information content (AvgIpc) is 2.02. The van der Waals surface area contributed by atoms with Gasteiger partial charge in [0.05, 0.1) is 5.57 Å². The molecule has 0 rings (SSSR count).